The van der Waals surface area contributed by atoms with Gasteiger partial charge in [0.2, 0.25) is 5.91 Å². The summed E-state index contributed by atoms with van der Waals surface area (Å²) in [6.07, 6.45) is 4.42. The smallest absolute Gasteiger partial charge is 0.318 e. The summed E-state index contributed by atoms with van der Waals surface area (Å²) in [6.45, 7) is 5.93. The van der Waals surface area contributed by atoms with Crippen molar-refractivity contribution in [3.63, 3.8) is 0 Å². The molecule has 2 saturated carbocycles. The molecule has 12 nitrogen and oxygen atoms in total. The molecule has 7 rings (SSSR count). The molecule has 3 aliphatic carbocycles. The fourth-order valence-corrected chi connectivity index (χ4v) is 7.61. The summed E-state index contributed by atoms with van der Waals surface area (Å²) in [5.74, 6) is -1.07. The van der Waals surface area contributed by atoms with Crippen LogP contribution in [-0.2, 0) is 22.4 Å². The van der Waals surface area contributed by atoms with Gasteiger partial charge in [-0.1, -0.05) is 36.7 Å². The summed E-state index contributed by atoms with van der Waals surface area (Å²) in [5, 5.41) is 19.4. The van der Waals surface area contributed by atoms with Gasteiger partial charge >= 0.3 is 6.03 Å². The Kier molecular flexibility index (Phi) is 8.58. The largest absolute Gasteiger partial charge is 0.338 e. The Balaban J connectivity index is 1.16. The molecule has 0 spiro atoms. The molecule has 2 aromatic carbocycles. The fourth-order valence-electron chi connectivity index (χ4n) is 7.44. The van der Waals surface area contributed by atoms with Crippen molar-refractivity contribution in [1.82, 2.24) is 25.8 Å². The van der Waals surface area contributed by atoms with Gasteiger partial charge in [-0.25, -0.2) is 13.8 Å². The van der Waals surface area contributed by atoms with Gasteiger partial charge in [-0.2, -0.15) is 0 Å². The van der Waals surface area contributed by atoms with Gasteiger partial charge in [0, 0.05) is 25.1 Å². The first-order valence-corrected chi connectivity index (χ1v) is 17.2. The number of carbonyl (C=O) groups excluding carboxylic acids is 4. The van der Waals surface area contributed by atoms with E-state index in [4.69, 9.17) is 16.2 Å². The van der Waals surface area contributed by atoms with Gasteiger partial charge in [0.1, 0.15) is 23.1 Å². The molecule has 5 amide bonds. The van der Waals surface area contributed by atoms with E-state index >= 15 is 0 Å². The molecular weight excluding hydrogens is 653 g/mol. The topological polar surface area (TPSA) is 159 Å². The van der Waals surface area contributed by atoms with Crippen LogP contribution in [0.4, 0.5) is 20.6 Å². The number of amides is 5. The highest BCUT2D eigenvalue weighted by Gasteiger charge is 2.54. The lowest BCUT2D eigenvalue weighted by atomic mass is 9.88. The van der Waals surface area contributed by atoms with E-state index in [1.54, 1.807) is 17.9 Å². The molecular formula is C35H39ClFN7O5. The second kappa shape index (κ2) is 12.7. The Bertz CT molecular complexity index is 1810. The Hall–Kier alpha value is -4.52. The van der Waals surface area contributed by atoms with Crippen LogP contribution in [0.1, 0.15) is 66.8 Å². The minimum Gasteiger partial charge on any atom is -0.338 e. The molecule has 258 valence electrons. The maximum absolute atomic E-state index is 14.2. The summed E-state index contributed by atoms with van der Waals surface area (Å²) in [6, 6.07) is 7.84. The maximum atomic E-state index is 14.2. The second-order valence-corrected chi connectivity index (χ2v) is 14.7. The molecule has 49 heavy (non-hydrogen) atoms. The number of anilines is 2. The Morgan fingerprint density at radius 1 is 1.02 bits per heavy atom. The molecule has 0 bridgehead atoms. The lowest BCUT2D eigenvalue weighted by Gasteiger charge is -2.36. The summed E-state index contributed by atoms with van der Waals surface area (Å²) < 4.78 is 18.9. The number of rotatable bonds is 11. The average molecular weight is 692 g/mol. The van der Waals surface area contributed by atoms with Crippen LogP contribution >= 0.6 is 11.6 Å². The van der Waals surface area contributed by atoms with Gasteiger partial charge in [0.05, 0.1) is 16.8 Å². The highest BCUT2D eigenvalue weighted by Crippen LogP contribution is 2.51. The van der Waals surface area contributed by atoms with Gasteiger partial charge < -0.3 is 26.2 Å². The van der Waals surface area contributed by atoms with E-state index in [9.17, 15) is 23.6 Å². The molecule has 1 aromatic heterocycles. The number of nitrogens with zero attached hydrogens (tertiary/aromatic N) is 3. The predicted octanol–water partition coefficient (Wildman–Crippen LogP) is 4.87. The van der Waals surface area contributed by atoms with Crippen molar-refractivity contribution in [3.8, 4) is 0 Å². The molecule has 3 atom stereocenters. The zero-order chi connectivity index (χ0) is 34.6. The third kappa shape index (κ3) is 6.48. The van der Waals surface area contributed by atoms with Crippen LogP contribution in [0, 0.1) is 36.4 Å². The highest BCUT2D eigenvalue weighted by molar-refractivity contribution is 6.33. The molecule has 14 heteroatoms. The average Bonchev–Trinajstić information content (AvgIpc) is 3.96. The normalized spacial score (nSPS) is 22.2. The standard InChI is InChI=1S/C35H39ClFN7O5/c1-17(2)27-16-44(34(48)40-27)35(33(47)39-26-13-23(37)9-11-25(26)36)14-21-8-10-24(12-22(21)15-35)38-32(46)30(28(19-4-5-19)20-6-7-20)41-31(45)29-18(3)42-49-43-29/h8-13,17,19-20,27-28,30H,4-7,14-16H2,1-3H3,(H,38,46)(H,39,47)(H,40,48)(H,41,45)/t27-,30-,35?/m0/s1. The van der Waals surface area contributed by atoms with Crippen LogP contribution < -0.4 is 21.3 Å². The third-order valence-corrected chi connectivity index (χ3v) is 10.8. The monoisotopic (exact) mass is 691 g/mol. The van der Waals surface area contributed by atoms with E-state index in [-0.39, 0.29) is 59.1 Å². The molecule has 2 heterocycles. The minimum absolute atomic E-state index is 0.00730. The van der Waals surface area contributed by atoms with Crippen molar-refractivity contribution in [2.45, 2.75) is 76.9 Å². The SMILES string of the molecule is Cc1nonc1C(=O)N[C@H](C(=O)Nc1ccc2c(c1)CC(C(=O)Nc1cc(F)ccc1Cl)(N1C[C@@H](C(C)C)NC1=O)C2)C(C1CC1)C1CC1. The first-order valence-electron chi connectivity index (χ1n) is 16.8. The molecule has 4 aliphatic rings. The van der Waals surface area contributed by atoms with E-state index in [0.29, 0.717) is 29.8 Å². The Labute approximate surface area is 287 Å². The van der Waals surface area contributed by atoms with Gasteiger partial charge in [-0.3, -0.25) is 14.4 Å². The molecule has 1 aliphatic heterocycles. The summed E-state index contributed by atoms with van der Waals surface area (Å²) in [4.78, 5) is 56.4. The lowest BCUT2D eigenvalue weighted by molar-refractivity contribution is -0.125. The number of fused-ring (bicyclic) bond motifs is 1. The second-order valence-electron chi connectivity index (χ2n) is 14.2. The van der Waals surface area contributed by atoms with Crippen LogP contribution in [0.2, 0.25) is 5.02 Å². The number of aryl methyl sites for hydroxylation is 1. The number of hydrogen-bond acceptors (Lipinski definition) is 7. The van der Waals surface area contributed by atoms with Gasteiger partial charge in [0.15, 0.2) is 5.69 Å². The Morgan fingerprint density at radius 2 is 1.73 bits per heavy atom. The molecule has 3 aromatic rings. The van der Waals surface area contributed by atoms with Crippen LogP contribution in [0.25, 0.3) is 0 Å². The van der Waals surface area contributed by atoms with Crippen molar-refractivity contribution in [1.29, 1.82) is 0 Å². The van der Waals surface area contributed by atoms with E-state index in [1.807, 2.05) is 26.0 Å². The summed E-state index contributed by atoms with van der Waals surface area (Å²) >= 11 is 6.31. The quantitative estimate of drug-likeness (QED) is 0.223. The number of benzene rings is 2. The zero-order valence-corrected chi connectivity index (χ0v) is 28.3. The number of carbonyl (C=O) groups is 4. The number of hydrogen-bond donors (Lipinski definition) is 4. The van der Waals surface area contributed by atoms with Crippen LogP contribution in [-0.4, -0.2) is 63.1 Å². The summed E-state index contributed by atoms with van der Waals surface area (Å²) in [7, 11) is 0. The van der Waals surface area contributed by atoms with Gasteiger partial charge in [-0.05, 0) is 103 Å². The Morgan fingerprint density at radius 3 is 2.37 bits per heavy atom. The van der Waals surface area contributed by atoms with E-state index in [1.165, 1.54) is 12.1 Å². The summed E-state index contributed by atoms with van der Waals surface area (Å²) in [5.41, 5.74) is 1.28. The van der Waals surface area contributed by atoms with Crippen molar-refractivity contribution in [2.24, 2.45) is 23.7 Å². The molecule has 1 unspecified atom stereocenters. The lowest BCUT2D eigenvalue weighted by Crippen LogP contribution is -2.59. The first kappa shape index (κ1) is 33.0. The highest BCUT2D eigenvalue weighted by atomic mass is 35.5. The van der Waals surface area contributed by atoms with Crippen LogP contribution in [0.15, 0.2) is 41.0 Å². The molecule has 0 radical (unpaired) electrons. The van der Waals surface area contributed by atoms with Crippen LogP contribution in [0.3, 0.4) is 0 Å². The first-order chi connectivity index (χ1) is 23.4. The fraction of sp³-hybridized carbons (Fsp3) is 0.486. The van der Waals surface area contributed by atoms with Crippen LogP contribution in [0.5, 0.6) is 0 Å². The van der Waals surface area contributed by atoms with Crippen molar-refractivity contribution >= 4 is 46.7 Å². The van der Waals surface area contributed by atoms with Crippen molar-refractivity contribution in [3.05, 3.63) is 69.8 Å². The minimum atomic E-state index is -1.34. The predicted molar refractivity (Wildman–Crippen MR) is 178 cm³/mol. The molecule has 4 N–H and O–H groups in total. The van der Waals surface area contributed by atoms with Crippen molar-refractivity contribution < 1.29 is 28.2 Å². The molecule has 3 fully saturated rings. The number of nitrogens with one attached hydrogen (secondary N) is 4. The van der Waals surface area contributed by atoms with E-state index in [0.717, 1.165) is 42.9 Å². The van der Waals surface area contributed by atoms with Gasteiger partial charge in [0.25, 0.3) is 11.8 Å². The van der Waals surface area contributed by atoms with E-state index in [2.05, 4.69) is 31.6 Å². The number of aromatic nitrogens is 2. The maximum Gasteiger partial charge on any atom is 0.318 e. The number of urea groups is 1. The molecule has 1 saturated heterocycles. The van der Waals surface area contributed by atoms with Gasteiger partial charge in [-0.15, -0.1) is 0 Å². The van der Waals surface area contributed by atoms with Crippen molar-refractivity contribution in [2.75, 3.05) is 17.2 Å². The zero-order valence-electron chi connectivity index (χ0n) is 27.5. The third-order valence-electron chi connectivity index (χ3n) is 10.4. The number of halogens is 2. The van der Waals surface area contributed by atoms with E-state index < -0.39 is 29.2 Å².